The van der Waals surface area contributed by atoms with E-state index < -0.39 is 0 Å². The van der Waals surface area contributed by atoms with Gasteiger partial charge in [0.25, 0.3) is 0 Å². The molecule has 3 nitrogen and oxygen atoms in total. The lowest BCUT2D eigenvalue weighted by atomic mass is 9.99. The SMILES string of the molecule is CC(C)Cc1cc(N2CCNCC2)c(C#N)cc1F.Cl. The van der Waals surface area contributed by atoms with Crippen molar-refractivity contribution < 1.29 is 4.39 Å². The zero-order valence-electron chi connectivity index (χ0n) is 11.9. The smallest absolute Gasteiger partial charge is 0.127 e. The van der Waals surface area contributed by atoms with Crippen molar-refractivity contribution >= 4 is 18.1 Å². The third-order valence-electron chi connectivity index (χ3n) is 3.37. The summed E-state index contributed by atoms with van der Waals surface area (Å²) in [5, 5.41) is 12.5. The molecule has 0 bridgehead atoms. The molecular formula is C15H21ClFN3. The number of nitrogens with one attached hydrogen (secondary N) is 1. The molecule has 20 heavy (non-hydrogen) atoms. The maximum atomic E-state index is 14.0. The summed E-state index contributed by atoms with van der Waals surface area (Å²) in [6.45, 7) is 7.68. The van der Waals surface area contributed by atoms with Gasteiger partial charge in [0.1, 0.15) is 11.9 Å². The Morgan fingerprint density at radius 1 is 1.35 bits per heavy atom. The topological polar surface area (TPSA) is 39.1 Å². The normalized spacial score (nSPS) is 14.8. The predicted molar refractivity (Wildman–Crippen MR) is 82.0 cm³/mol. The molecule has 5 heteroatoms. The standard InChI is InChI=1S/C15H20FN3.ClH/c1-11(2)7-12-9-15(13(10-17)8-14(12)16)19-5-3-18-4-6-19;/h8-9,11,18H,3-7H2,1-2H3;1H. The van der Waals surface area contributed by atoms with Crippen molar-refractivity contribution in [2.24, 2.45) is 5.92 Å². The molecule has 1 aromatic rings. The van der Waals surface area contributed by atoms with Crippen molar-refractivity contribution in [3.8, 4) is 6.07 Å². The first kappa shape index (κ1) is 16.7. The van der Waals surface area contributed by atoms with Gasteiger partial charge in [-0.2, -0.15) is 5.26 Å². The van der Waals surface area contributed by atoms with Gasteiger partial charge < -0.3 is 10.2 Å². The van der Waals surface area contributed by atoms with E-state index in [0.717, 1.165) is 31.9 Å². The van der Waals surface area contributed by atoms with Gasteiger partial charge in [-0.3, -0.25) is 0 Å². The Bertz CT molecular complexity index is 491. The minimum absolute atomic E-state index is 0. The van der Waals surface area contributed by atoms with Crippen LogP contribution in [0.3, 0.4) is 0 Å². The Balaban J connectivity index is 0.00000200. The maximum Gasteiger partial charge on any atom is 0.127 e. The minimum atomic E-state index is -0.260. The Labute approximate surface area is 126 Å². The molecule has 1 fully saturated rings. The molecule has 2 rings (SSSR count). The zero-order valence-corrected chi connectivity index (χ0v) is 12.8. The van der Waals surface area contributed by atoms with E-state index in [4.69, 9.17) is 0 Å². The van der Waals surface area contributed by atoms with Crippen LogP contribution in [0.2, 0.25) is 0 Å². The molecule has 0 atom stereocenters. The molecular weight excluding hydrogens is 277 g/mol. The molecule has 1 aromatic carbocycles. The molecule has 0 aliphatic carbocycles. The number of hydrogen-bond donors (Lipinski definition) is 1. The van der Waals surface area contributed by atoms with Crippen LogP contribution >= 0.6 is 12.4 Å². The van der Waals surface area contributed by atoms with E-state index in [2.05, 4.69) is 30.1 Å². The summed E-state index contributed by atoms with van der Waals surface area (Å²) in [5.41, 5.74) is 2.02. The van der Waals surface area contributed by atoms with Crippen molar-refractivity contribution in [3.63, 3.8) is 0 Å². The van der Waals surface area contributed by atoms with Gasteiger partial charge >= 0.3 is 0 Å². The Morgan fingerprint density at radius 3 is 2.55 bits per heavy atom. The van der Waals surface area contributed by atoms with Gasteiger partial charge in [0.15, 0.2) is 0 Å². The van der Waals surface area contributed by atoms with Crippen LogP contribution in [0.15, 0.2) is 12.1 Å². The summed E-state index contributed by atoms with van der Waals surface area (Å²) >= 11 is 0. The van der Waals surface area contributed by atoms with Gasteiger partial charge in [-0.15, -0.1) is 12.4 Å². The van der Waals surface area contributed by atoms with Crippen LogP contribution in [0.1, 0.15) is 25.0 Å². The third-order valence-corrected chi connectivity index (χ3v) is 3.37. The van der Waals surface area contributed by atoms with E-state index in [1.165, 1.54) is 6.07 Å². The average molecular weight is 298 g/mol. The van der Waals surface area contributed by atoms with E-state index in [-0.39, 0.29) is 18.2 Å². The van der Waals surface area contributed by atoms with E-state index in [1.807, 2.05) is 6.07 Å². The second kappa shape index (κ2) is 7.47. The number of hydrogen-bond acceptors (Lipinski definition) is 3. The minimum Gasteiger partial charge on any atom is -0.368 e. The van der Waals surface area contributed by atoms with Crippen LogP contribution in [-0.2, 0) is 6.42 Å². The summed E-state index contributed by atoms with van der Waals surface area (Å²) in [6, 6.07) is 5.36. The van der Waals surface area contributed by atoms with Crippen LogP contribution in [-0.4, -0.2) is 26.2 Å². The quantitative estimate of drug-likeness (QED) is 0.932. The van der Waals surface area contributed by atoms with E-state index in [0.29, 0.717) is 23.5 Å². The third kappa shape index (κ3) is 3.84. The molecule has 1 aliphatic heterocycles. The molecule has 1 aliphatic rings. The highest BCUT2D eigenvalue weighted by molar-refractivity contribution is 5.85. The molecule has 0 radical (unpaired) electrons. The van der Waals surface area contributed by atoms with Gasteiger partial charge in [-0.1, -0.05) is 13.8 Å². The lowest BCUT2D eigenvalue weighted by Gasteiger charge is -2.30. The Hall–Kier alpha value is -1.31. The fourth-order valence-electron chi connectivity index (χ4n) is 2.46. The van der Waals surface area contributed by atoms with Crippen LogP contribution in [0, 0.1) is 23.1 Å². The first-order chi connectivity index (χ1) is 9.11. The summed E-state index contributed by atoms with van der Waals surface area (Å²) in [4.78, 5) is 2.16. The Morgan fingerprint density at radius 2 is 2.00 bits per heavy atom. The largest absolute Gasteiger partial charge is 0.368 e. The highest BCUT2D eigenvalue weighted by atomic mass is 35.5. The van der Waals surface area contributed by atoms with Gasteiger partial charge in [0.2, 0.25) is 0 Å². The molecule has 0 amide bonds. The number of nitrogens with zero attached hydrogens (tertiary/aromatic N) is 2. The second-order valence-corrected chi connectivity index (χ2v) is 5.41. The van der Waals surface area contributed by atoms with Crippen molar-refractivity contribution in [1.29, 1.82) is 5.26 Å². The van der Waals surface area contributed by atoms with Crippen LogP contribution in [0.4, 0.5) is 10.1 Å². The lowest BCUT2D eigenvalue weighted by Crippen LogP contribution is -2.43. The van der Waals surface area contributed by atoms with Gasteiger partial charge in [-0.05, 0) is 30.0 Å². The van der Waals surface area contributed by atoms with Crippen molar-refractivity contribution in [3.05, 3.63) is 29.1 Å². The maximum absolute atomic E-state index is 14.0. The van der Waals surface area contributed by atoms with Gasteiger partial charge in [0, 0.05) is 26.2 Å². The molecule has 1 N–H and O–H groups in total. The number of piperazine rings is 1. The van der Waals surface area contributed by atoms with Crippen LogP contribution in [0.5, 0.6) is 0 Å². The predicted octanol–water partition coefficient (Wildman–Crippen LogP) is 2.73. The number of anilines is 1. The Kier molecular flexibility index (Phi) is 6.25. The zero-order chi connectivity index (χ0) is 13.8. The molecule has 0 spiro atoms. The summed E-state index contributed by atoms with van der Waals surface area (Å²) in [6.07, 6.45) is 0.705. The summed E-state index contributed by atoms with van der Waals surface area (Å²) in [7, 11) is 0. The van der Waals surface area contributed by atoms with E-state index >= 15 is 0 Å². The van der Waals surface area contributed by atoms with Crippen LogP contribution in [0.25, 0.3) is 0 Å². The van der Waals surface area contributed by atoms with Crippen molar-refractivity contribution in [1.82, 2.24) is 5.32 Å². The number of halogens is 2. The number of benzene rings is 1. The van der Waals surface area contributed by atoms with Gasteiger partial charge in [0.05, 0.1) is 11.3 Å². The van der Waals surface area contributed by atoms with E-state index in [1.54, 1.807) is 0 Å². The molecule has 1 heterocycles. The van der Waals surface area contributed by atoms with Crippen molar-refractivity contribution in [2.75, 3.05) is 31.1 Å². The second-order valence-electron chi connectivity index (χ2n) is 5.41. The molecule has 0 unspecified atom stereocenters. The number of nitriles is 1. The lowest BCUT2D eigenvalue weighted by molar-refractivity contribution is 0.568. The highest BCUT2D eigenvalue weighted by Crippen LogP contribution is 2.26. The molecule has 0 aromatic heterocycles. The number of rotatable bonds is 3. The monoisotopic (exact) mass is 297 g/mol. The average Bonchev–Trinajstić information content (AvgIpc) is 2.41. The fourth-order valence-corrected chi connectivity index (χ4v) is 2.46. The summed E-state index contributed by atoms with van der Waals surface area (Å²) < 4.78 is 14.0. The molecule has 0 saturated carbocycles. The van der Waals surface area contributed by atoms with Crippen molar-refractivity contribution in [2.45, 2.75) is 20.3 Å². The highest BCUT2D eigenvalue weighted by Gasteiger charge is 2.17. The first-order valence-corrected chi connectivity index (χ1v) is 6.80. The van der Waals surface area contributed by atoms with E-state index in [9.17, 15) is 9.65 Å². The first-order valence-electron chi connectivity index (χ1n) is 6.80. The fraction of sp³-hybridized carbons (Fsp3) is 0.533. The van der Waals surface area contributed by atoms with Crippen LogP contribution < -0.4 is 10.2 Å². The van der Waals surface area contributed by atoms with Gasteiger partial charge in [-0.25, -0.2) is 4.39 Å². The molecule has 110 valence electrons. The summed E-state index contributed by atoms with van der Waals surface area (Å²) in [5.74, 6) is 0.141. The molecule has 1 saturated heterocycles.